The Morgan fingerprint density at radius 1 is 0.889 bits per heavy atom. The van der Waals surface area contributed by atoms with Crippen LogP contribution in [0.15, 0.2) is 42.5 Å². The number of hydrogen-bond donors (Lipinski definition) is 0. The van der Waals surface area contributed by atoms with E-state index in [9.17, 15) is 4.79 Å². The van der Waals surface area contributed by atoms with Crippen LogP contribution in [-0.4, -0.2) is 45.2 Å². The van der Waals surface area contributed by atoms with Gasteiger partial charge in [0, 0.05) is 24.7 Å². The molecule has 1 fully saturated rings. The molecular formula is C22H27NO4. The Hall–Kier alpha value is -2.69. The minimum atomic E-state index is 0.0371. The number of carbonyl (C=O) groups is 1. The molecule has 1 saturated heterocycles. The Morgan fingerprint density at radius 2 is 1.44 bits per heavy atom. The zero-order valence-electron chi connectivity index (χ0n) is 16.2. The van der Waals surface area contributed by atoms with Gasteiger partial charge < -0.3 is 19.1 Å². The second-order valence-electron chi connectivity index (χ2n) is 6.89. The molecule has 0 aromatic heterocycles. The van der Waals surface area contributed by atoms with Gasteiger partial charge in [0.15, 0.2) is 0 Å². The molecule has 0 unspecified atom stereocenters. The molecule has 5 nitrogen and oxygen atoms in total. The molecule has 0 saturated carbocycles. The van der Waals surface area contributed by atoms with E-state index in [1.807, 2.05) is 17.0 Å². The van der Waals surface area contributed by atoms with Gasteiger partial charge >= 0.3 is 0 Å². The summed E-state index contributed by atoms with van der Waals surface area (Å²) in [7, 11) is 4.86. The van der Waals surface area contributed by atoms with Gasteiger partial charge in [0.1, 0.15) is 17.2 Å². The van der Waals surface area contributed by atoms with Gasteiger partial charge in [-0.2, -0.15) is 0 Å². The van der Waals surface area contributed by atoms with Gasteiger partial charge in [-0.05, 0) is 55.0 Å². The maximum absolute atomic E-state index is 12.9. The molecule has 3 rings (SSSR count). The van der Waals surface area contributed by atoms with E-state index in [4.69, 9.17) is 14.2 Å². The summed E-state index contributed by atoms with van der Waals surface area (Å²) < 4.78 is 15.8. The summed E-state index contributed by atoms with van der Waals surface area (Å²) in [6, 6.07) is 13.6. The lowest BCUT2D eigenvalue weighted by molar-refractivity contribution is 0.0690. The normalized spacial score (nSPS) is 14.7. The molecule has 2 aromatic rings. The quantitative estimate of drug-likeness (QED) is 0.777. The van der Waals surface area contributed by atoms with Crippen molar-refractivity contribution in [2.75, 3.05) is 34.4 Å². The van der Waals surface area contributed by atoms with E-state index >= 15 is 0 Å². The van der Waals surface area contributed by atoms with Crippen LogP contribution < -0.4 is 14.2 Å². The summed E-state index contributed by atoms with van der Waals surface area (Å²) in [6.07, 6.45) is 3.07. The maximum atomic E-state index is 12.9. The number of nitrogens with zero attached hydrogens (tertiary/aromatic N) is 1. The van der Waals surface area contributed by atoms with E-state index < -0.39 is 0 Å². The first-order chi connectivity index (χ1) is 13.1. The van der Waals surface area contributed by atoms with Crippen molar-refractivity contribution in [3.05, 3.63) is 53.6 Å². The standard InChI is InChI=1S/C22H27NO4/c1-25-19-6-4-16(5-7-19)12-17-8-10-23(11-9-17)22(24)18-13-20(26-2)15-21(14-18)27-3/h4-7,13-15,17H,8-12H2,1-3H3. The fourth-order valence-electron chi connectivity index (χ4n) is 3.55. The third kappa shape index (κ3) is 4.73. The zero-order chi connectivity index (χ0) is 19.2. The van der Waals surface area contributed by atoms with Crippen LogP contribution in [0.5, 0.6) is 17.2 Å². The molecule has 0 spiro atoms. The number of likely N-dealkylation sites (tertiary alicyclic amines) is 1. The summed E-state index contributed by atoms with van der Waals surface area (Å²) in [5, 5.41) is 0. The Kier molecular flexibility index (Phi) is 6.22. The van der Waals surface area contributed by atoms with Gasteiger partial charge in [-0.3, -0.25) is 4.79 Å². The maximum Gasteiger partial charge on any atom is 0.254 e. The summed E-state index contributed by atoms with van der Waals surface area (Å²) >= 11 is 0. The highest BCUT2D eigenvalue weighted by atomic mass is 16.5. The smallest absolute Gasteiger partial charge is 0.254 e. The number of ether oxygens (including phenoxy) is 3. The third-order valence-electron chi connectivity index (χ3n) is 5.18. The largest absolute Gasteiger partial charge is 0.497 e. The number of amides is 1. The number of methoxy groups -OCH3 is 3. The van der Waals surface area contributed by atoms with Gasteiger partial charge in [-0.1, -0.05) is 12.1 Å². The van der Waals surface area contributed by atoms with E-state index in [1.54, 1.807) is 39.5 Å². The van der Waals surface area contributed by atoms with Crippen LogP contribution in [0.3, 0.4) is 0 Å². The van der Waals surface area contributed by atoms with E-state index in [0.29, 0.717) is 23.0 Å². The second-order valence-corrected chi connectivity index (χ2v) is 6.89. The lowest BCUT2D eigenvalue weighted by atomic mass is 9.90. The molecule has 5 heteroatoms. The SMILES string of the molecule is COc1ccc(CC2CCN(C(=O)c3cc(OC)cc(OC)c3)CC2)cc1. The minimum Gasteiger partial charge on any atom is -0.497 e. The number of carbonyl (C=O) groups excluding carboxylic acids is 1. The lowest BCUT2D eigenvalue weighted by Crippen LogP contribution is -2.38. The molecule has 0 N–H and O–H groups in total. The molecule has 0 aliphatic carbocycles. The van der Waals surface area contributed by atoms with Crippen molar-refractivity contribution in [1.82, 2.24) is 4.90 Å². The van der Waals surface area contributed by atoms with E-state index in [2.05, 4.69) is 12.1 Å². The molecule has 1 aliphatic rings. The Labute approximate surface area is 160 Å². The average Bonchev–Trinajstić information content (AvgIpc) is 2.74. The predicted octanol–water partition coefficient (Wildman–Crippen LogP) is 3.81. The van der Waals surface area contributed by atoms with Crippen LogP contribution in [0.1, 0.15) is 28.8 Å². The highest BCUT2D eigenvalue weighted by Gasteiger charge is 2.24. The van der Waals surface area contributed by atoms with Gasteiger partial charge in [0.2, 0.25) is 0 Å². The molecule has 2 aromatic carbocycles. The molecule has 1 heterocycles. The summed E-state index contributed by atoms with van der Waals surface area (Å²) in [5.41, 5.74) is 1.93. The van der Waals surface area contributed by atoms with Crippen LogP contribution in [0.2, 0.25) is 0 Å². The van der Waals surface area contributed by atoms with Gasteiger partial charge in [0.05, 0.1) is 21.3 Å². The Balaban J connectivity index is 1.59. The summed E-state index contributed by atoms with van der Waals surface area (Å²) in [6.45, 7) is 1.55. The van der Waals surface area contributed by atoms with Crippen LogP contribution >= 0.6 is 0 Å². The fourth-order valence-corrected chi connectivity index (χ4v) is 3.55. The van der Waals surface area contributed by atoms with Crippen molar-refractivity contribution >= 4 is 5.91 Å². The summed E-state index contributed by atoms with van der Waals surface area (Å²) in [5.74, 6) is 2.78. The van der Waals surface area contributed by atoms with Crippen molar-refractivity contribution in [1.29, 1.82) is 0 Å². The topological polar surface area (TPSA) is 48.0 Å². The summed E-state index contributed by atoms with van der Waals surface area (Å²) in [4.78, 5) is 14.8. The first kappa shape index (κ1) is 19.1. The molecule has 1 aliphatic heterocycles. The van der Waals surface area contributed by atoms with Crippen molar-refractivity contribution in [2.45, 2.75) is 19.3 Å². The van der Waals surface area contributed by atoms with Crippen molar-refractivity contribution < 1.29 is 19.0 Å². The highest BCUT2D eigenvalue weighted by molar-refractivity contribution is 5.95. The van der Waals surface area contributed by atoms with E-state index in [1.165, 1.54) is 5.56 Å². The molecule has 0 atom stereocenters. The first-order valence-corrected chi connectivity index (χ1v) is 9.28. The van der Waals surface area contributed by atoms with Gasteiger partial charge in [0.25, 0.3) is 5.91 Å². The van der Waals surface area contributed by atoms with Crippen molar-refractivity contribution in [2.24, 2.45) is 5.92 Å². The second kappa shape index (κ2) is 8.80. The van der Waals surface area contributed by atoms with Crippen LogP contribution in [0.4, 0.5) is 0 Å². The van der Waals surface area contributed by atoms with E-state index in [-0.39, 0.29) is 5.91 Å². The number of piperidine rings is 1. The molecule has 0 radical (unpaired) electrons. The fraction of sp³-hybridized carbons (Fsp3) is 0.409. The molecule has 144 valence electrons. The Morgan fingerprint density at radius 3 is 1.96 bits per heavy atom. The average molecular weight is 369 g/mol. The molecule has 27 heavy (non-hydrogen) atoms. The molecule has 1 amide bonds. The van der Waals surface area contributed by atoms with Crippen LogP contribution in [-0.2, 0) is 6.42 Å². The monoisotopic (exact) mass is 369 g/mol. The van der Waals surface area contributed by atoms with Crippen LogP contribution in [0, 0.1) is 5.92 Å². The molecular weight excluding hydrogens is 342 g/mol. The number of benzene rings is 2. The first-order valence-electron chi connectivity index (χ1n) is 9.28. The highest BCUT2D eigenvalue weighted by Crippen LogP contribution is 2.27. The van der Waals surface area contributed by atoms with Crippen molar-refractivity contribution in [3.63, 3.8) is 0 Å². The number of rotatable bonds is 6. The molecule has 0 bridgehead atoms. The lowest BCUT2D eigenvalue weighted by Gasteiger charge is -2.32. The van der Waals surface area contributed by atoms with Gasteiger partial charge in [-0.25, -0.2) is 0 Å². The number of hydrogen-bond acceptors (Lipinski definition) is 4. The third-order valence-corrected chi connectivity index (χ3v) is 5.18. The zero-order valence-corrected chi connectivity index (χ0v) is 16.2. The van der Waals surface area contributed by atoms with Crippen molar-refractivity contribution in [3.8, 4) is 17.2 Å². The minimum absolute atomic E-state index is 0.0371. The predicted molar refractivity (Wildman–Crippen MR) is 105 cm³/mol. The Bertz CT molecular complexity index is 742. The van der Waals surface area contributed by atoms with Crippen LogP contribution in [0.25, 0.3) is 0 Å². The van der Waals surface area contributed by atoms with Gasteiger partial charge in [-0.15, -0.1) is 0 Å². The van der Waals surface area contributed by atoms with E-state index in [0.717, 1.165) is 38.1 Å².